The lowest BCUT2D eigenvalue weighted by atomic mass is 9.85. The van der Waals surface area contributed by atoms with Gasteiger partial charge in [0.25, 0.3) is 0 Å². The molecule has 0 bridgehead atoms. The number of ether oxygens (including phenoxy) is 1. The molecule has 6 amide bonds. The zero-order valence-corrected chi connectivity index (χ0v) is 35.2. The Morgan fingerprint density at radius 3 is 1.91 bits per heavy atom. The van der Waals surface area contributed by atoms with Crippen LogP contribution in [-0.4, -0.2) is 96.8 Å². The fourth-order valence-corrected chi connectivity index (χ4v) is 5.49. The molecule has 1 saturated heterocycles. The van der Waals surface area contributed by atoms with Crippen molar-refractivity contribution in [2.45, 2.75) is 131 Å². The van der Waals surface area contributed by atoms with Gasteiger partial charge in [-0.3, -0.25) is 24.0 Å². The Bertz CT molecular complexity index is 1490. The lowest BCUT2D eigenvalue weighted by molar-refractivity contribution is -0.142. The average molecular weight is 769 g/mol. The molecule has 308 valence electrons. The molecule has 0 spiro atoms. The van der Waals surface area contributed by atoms with Gasteiger partial charge in [-0.25, -0.2) is 4.79 Å². The molecule has 4 rings (SSSR count). The van der Waals surface area contributed by atoms with Gasteiger partial charge in [-0.1, -0.05) is 97.7 Å². The molecule has 2 aliphatic carbocycles. The molecule has 1 aliphatic heterocycles. The van der Waals surface area contributed by atoms with Crippen LogP contribution in [0.1, 0.15) is 119 Å². The minimum absolute atomic E-state index is 0.00448. The van der Waals surface area contributed by atoms with Crippen LogP contribution in [0.2, 0.25) is 0 Å². The lowest BCUT2D eigenvalue weighted by Gasteiger charge is -2.35. The number of likely N-dealkylation sites (N-methyl/N-ethyl adjacent to an activating group) is 1. The largest absolute Gasteiger partial charge is 0.444 e. The maximum atomic E-state index is 13.6. The van der Waals surface area contributed by atoms with Crippen molar-refractivity contribution in [2.75, 3.05) is 33.7 Å². The van der Waals surface area contributed by atoms with E-state index >= 15 is 0 Å². The molecule has 1 aromatic carbocycles. The molecule has 13 nitrogen and oxygen atoms in total. The number of rotatable bonds is 11. The van der Waals surface area contributed by atoms with E-state index < -0.39 is 65.4 Å². The van der Waals surface area contributed by atoms with E-state index in [9.17, 15) is 28.8 Å². The summed E-state index contributed by atoms with van der Waals surface area (Å²) in [6.07, 6.45) is 7.63. The topological polar surface area (TPSA) is 166 Å². The van der Waals surface area contributed by atoms with Gasteiger partial charge in [-0.05, 0) is 68.8 Å². The molecule has 3 atom stereocenters. The van der Waals surface area contributed by atoms with Gasteiger partial charge in [0.15, 0.2) is 0 Å². The third kappa shape index (κ3) is 16.9. The highest BCUT2D eigenvalue weighted by atomic mass is 16.6. The van der Waals surface area contributed by atoms with E-state index in [0.717, 1.165) is 11.3 Å². The van der Waals surface area contributed by atoms with E-state index in [1.807, 2.05) is 20.8 Å². The van der Waals surface area contributed by atoms with Crippen molar-refractivity contribution in [3.63, 3.8) is 0 Å². The number of hydrogen-bond acceptors (Lipinski definition) is 7. The number of amides is 6. The van der Waals surface area contributed by atoms with Crippen LogP contribution < -0.4 is 21.3 Å². The Morgan fingerprint density at radius 1 is 0.891 bits per heavy atom. The van der Waals surface area contributed by atoms with Crippen molar-refractivity contribution in [3.8, 4) is 0 Å². The van der Waals surface area contributed by atoms with Crippen molar-refractivity contribution in [1.82, 2.24) is 31.1 Å². The minimum atomic E-state index is -0.942. The molecule has 0 radical (unpaired) electrons. The summed E-state index contributed by atoms with van der Waals surface area (Å²) in [5.41, 5.74) is -0.0798. The third-order valence-corrected chi connectivity index (χ3v) is 9.59. The fraction of sp³-hybridized carbons (Fsp3) is 0.667. The summed E-state index contributed by atoms with van der Waals surface area (Å²) in [6, 6.07) is 6.06. The monoisotopic (exact) mass is 769 g/mol. The zero-order valence-electron chi connectivity index (χ0n) is 35.2. The molecule has 3 aliphatic rings. The number of benzene rings is 1. The predicted octanol–water partition coefficient (Wildman–Crippen LogP) is 5.26. The van der Waals surface area contributed by atoms with E-state index in [1.54, 1.807) is 65.2 Å². The van der Waals surface area contributed by atoms with Crippen LogP contribution in [0, 0.1) is 16.7 Å². The molecular formula is C42H68N6O7. The standard InChI is InChI=1S/C32H48N6O7.2C5H10/c1-20(26(40)34-19-23(39)35-24(28(42)37(8)9)21-14-11-10-12-15-21)18-33-27(41)22-16-13-17-38(22)29(43)25(31(2,3)4)36-30(44)45-32(5,6)7;1-5(2)3-4-5;1-5-3-2-4-5/h10-12,14-15,22,24-25H,1,13,16-19H2,2-9H3,(H,33,41)(H,34,40)(H,35,39)(H,36,44);3-4H2,1-2H3;5H,2-4H2,1H3. The minimum Gasteiger partial charge on any atom is -0.444 e. The Hall–Kier alpha value is -4.42. The summed E-state index contributed by atoms with van der Waals surface area (Å²) in [5.74, 6) is -1.38. The van der Waals surface area contributed by atoms with Crippen molar-refractivity contribution in [3.05, 3.63) is 48.0 Å². The second kappa shape index (κ2) is 20.5. The SMILES string of the molecule is C=C(CNC(=O)C1CCCN1C(=O)C(NC(=O)OC(C)(C)C)C(C)(C)C)C(=O)NCC(=O)NC(C(=O)N(C)C)c1ccccc1.CC1(C)CC1.CC1CCC1. The maximum Gasteiger partial charge on any atom is 0.408 e. The molecule has 1 aromatic rings. The normalized spacial score (nSPS) is 18.2. The highest BCUT2D eigenvalue weighted by Crippen LogP contribution is 2.43. The van der Waals surface area contributed by atoms with E-state index in [1.165, 1.54) is 41.9 Å². The van der Waals surface area contributed by atoms with E-state index in [0.29, 0.717) is 24.9 Å². The highest BCUT2D eigenvalue weighted by Gasteiger charge is 2.42. The number of nitrogens with zero attached hydrogens (tertiary/aromatic N) is 2. The first-order chi connectivity index (χ1) is 25.4. The van der Waals surface area contributed by atoms with Gasteiger partial charge in [0, 0.05) is 32.8 Å². The van der Waals surface area contributed by atoms with Crippen molar-refractivity contribution in [1.29, 1.82) is 0 Å². The van der Waals surface area contributed by atoms with Gasteiger partial charge >= 0.3 is 6.09 Å². The first-order valence-corrected chi connectivity index (χ1v) is 19.5. The van der Waals surface area contributed by atoms with Crippen molar-refractivity contribution < 1.29 is 33.5 Å². The number of carbonyl (C=O) groups excluding carboxylic acids is 6. The van der Waals surface area contributed by atoms with Crippen LogP contribution in [0.5, 0.6) is 0 Å². The maximum absolute atomic E-state index is 13.6. The van der Waals surface area contributed by atoms with Gasteiger partial charge in [-0.15, -0.1) is 0 Å². The summed E-state index contributed by atoms with van der Waals surface area (Å²) >= 11 is 0. The van der Waals surface area contributed by atoms with Gasteiger partial charge < -0.3 is 35.8 Å². The van der Waals surface area contributed by atoms with E-state index in [2.05, 4.69) is 48.6 Å². The van der Waals surface area contributed by atoms with E-state index in [-0.39, 0.29) is 18.0 Å². The zero-order chi connectivity index (χ0) is 41.7. The molecule has 0 aromatic heterocycles. The number of likely N-dealkylation sites (tertiary alicyclic amines) is 1. The molecule has 2 saturated carbocycles. The van der Waals surface area contributed by atoms with Crippen LogP contribution >= 0.6 is 0 Å². The number of nitrogens with one attached hydrogen (secondary N) is 4. The number of carbonyl (C=O) groups is 6. The number of hydrogen-bond donors (Lipinski definition) is 4. The summed E-state index contributed by atoms with van der Waals surface area (Å²) in [6.45, 7) is 20.9. The summed E-state index contributed by atoms with van der Waals surface area (Å²) in [5, 5.41) is 10.4. The Kier molecular flexibility index (Phi) is 17.4. The Morgan fingerprint density at radius 2 is 1.45 bits per heavy atom. The van der Waals surface area contributed by atoms with Crippen LogP contribution in [0.4, 0.5) is 4.79 Å². The van der Waals surface area contributed by atoms with Crippen molar-refractivity contribution >= 4 is 35.6 Å². The average Bonchev–Trinajstić information content (AvgIpc) is 3.55. The van der Waals surface area contributed by atoms with Crippen LogP contribution in [0.25, 0.3) is 0 Å². The molecule has 13 heteroatoms. The molecule has 4 N–H and O–H groups in total. The van der Waals surface area contributed by atoms with Crippen molar-refractivity contribution in [2.24, 2.45) is 16.7 Å². The summed E-state index contributed by atoms with van der Waals surface area (Å²) in [4.78, 5) is 79.9. The Balaban J connectivity index is 0.000000896. The van der Waals surface area contributed by atoms with E-state index in [4.69, 9.17) is 4.74 Å². The van der Waals surface area contributed by atoms with Gasteiger partial charge in [-0.2, -0.15) is 0 Å². The molecule has 55 heavy (non-hydrogen) atoms. The fourth-order valence-electron chi connectivity index (χ4n) is 5.49. The second-order valence-electron chi connectivity index (χ2n) is 18.0. The second-order valence-corrected chi connectivity index (χ2v) is 18.0. The number of alkyl carbamates (subject to hydrolysis) is 1. The molecule has 1 heterocycles. The third-order valence-electron chi connectivity index (χ3n) is 9.59. The summed E-state index contributed by atoms with van der Waals surface area (Å²) < 4.78 is 5.34. The summed E-state index contributed by atoms with van der Waals surface area (Å²) in [7, 11) is 3.16. The van der Waals surface area contributed by atoms with Crippen LogP contribution in [0.3, 0.4) is 0 Å². The molecule has 3 unspecified atom stereocenters. The Labute approximate surface area is 329 Å². The molecule has 3 fully saturated rings. The van der Waals surface area contributed by atoms with Gasteiger partial charge in [0.05, 0.1) is 6.54 Å². The van der Waals surface area contributed by atoms with Gasteiger partial charge in [0.1, 0.15) is 23.7 Å². The van der Waals surface area contributed by atoms with Gasteiger partial charge in [0.2, 0.25) is 29.5 Å². The highest BCUT2D eigenvalue weighted by molar-refractivity contribution is 5.98. The first kappa shape index (κ1) is 46.7. The van der Waals surface area contributed by atoms with Crippen LogP contribution in [0.15, 0.2) is 42.5 Å². The lowest BCUT2D eigenvalue weighted by Crippen LogP contribution is -2.58. The van der Waals surface area contributed by atoms with Crippen LogP contribution in [-0.2, 0) is 28.7 Å². The first-order valence-electron chi connectivity index (χ1n) is 19.5. The quantitative estimate of drug-likeness (QED) is 0.223. The predicted molar refractivity (Wildman–Crippen MR) is 215 cm³/mol. The smallest absolute Gasteiger partial charge is 0.408 e. The molecular weight excluding hydrogens is 700 g/mol.